The maximum absolute atomic E-state index is 13.0. The van der Waals surface area contributed by atoms with Crippen molar-refractivity contribution in [1.82, 2.24) is 10.2 Å². The molecule has 7 nitrogen and oxygen atoms in total. The minimum absolute atomic E-state index is 0.00346. The molecule has 2 aromatic carbocycles. The number of benzene rings is 2. The number of carboxylic acids is 1. The molecule has 140 valence electrons. The lowest BCUT2D eigenvalue weighted by Gasteiger charge is -2.23. The summed E-state index contributed by atoms with van der Waals surface area (Å²) in [5.74, 6) is -0.758. The van der Waals surface area contributed by atoms with Gasteiger partial charge in [0.2, 0.25) is 0 Å². The highest BCUT2D eigenvalue weighted by atomic mass is 16.5. The molecule has 27 heavy (non-hydrogen) atoms. The quantitative estimate of drug-likeness (QED) is 0.791. The molecule has 1 aliphatic rings. The number of carbonyl (C=O) groups excluding carboxylic acids is 2. The van der Waals surface area contributed by atoms with Crippen LogP contribution in [0.1, 0.15) is 34.0 Å². The molecular weight excluding hydrogens is 348 g/mol. The number of nitrogens with zero attached hydrogens (tertiary/aromatic N) is 1. The molecule has 3 amide bonds. The van der Waals surface area contributed by atoms with Gasteiger partial charge < -0.3 is 15.2 Å². The van der Waals surface area contributed by atoms with E-state index in [0.717, 1.165) is 10.5 Å². The van der Waals surface area contributed by atoms with Crippen LogP contribution in [0.25, 0.3) is 0 Å². The van der Waals surface area contributed by atoms with Gasteiger partial charge in [-0.1, -0.05) is 18.2 Å². The number of urea groups is 1. The highest BCUT2D eigenvalue weighted by molar-refractivity contribution is 6.07. The Morgan fingerprint density at radius 1 is 1.22 bits per heavy atom. The largest absolute Gasteiger partial charge is 0.496 e. The molecule has 2 aromatic rings. The summed E-state index contributed by atoms with van der Waals surface area (Å²) in [6.07, 6.45) is 0. The number of carbonyl (C=O) groups is 3. The molecular formula is C20H20N2O5. The van der Waals surface area contributed by atoms with Gasteiger partial charge in [0.25, 0.3) is 5.91 Å². The van der Waals surface area contributed by atoms with E-state index in [1.807, 2.05) is 13.0 Å². The number of hydrogen-bond acceptors (Lipinski definition) is 4. The van der Waals surface area contributed by atoms with Gasteiger partial charge in [-0.25, -0.2) is 9.59 Å². The van der Waals surface area contributed by atoms with E-state index in [9.17, 15) is 14.4 Å². The highest BCUT2D eigenvalue weighted by Gasteiger charge is 2.49. The molecule has 0 radical (unpaired) electrons. The number of ether oxygens (including phenoxy) is 1. The molecule has 1 saturated heterocycles. The first kappa shape index (κ1) is 18.4. The summed E-state index contributed by atoms with van der Waals surface area (Å²) in [6.45, 7) is 3.51. The second-order valence-corrected chi connectivity index (χ2v) is 6.64. The number of amides is 3. The van der Waals surface area contributed by atoms with E-state index in [1.54, 1.807) is 38.3 Å². The molecule has 0 spiro atoms. The summed E-state index contributed by atoms with van der Waals surface area (Å²) in [5.41, 5.74) is 0.979. The first-order valence-electron chi connectivity index (χ1n) is 8.37. The Morgan fingerprint density at radius 3 is 2.59 bits per heavy atom. The molecule has 0 saturated carbocycles. The fourth-order valence-electron chi connectivity index (χ4n) is 3.21. The van der Waals surface area contributed by atoms with Crippen molar-refractivity contribution in [1.29, 1.82) is 0 Å². The zero-order chi connectivity index (χ0) is 19.8. The number of aromatic carboxylic acids is 1. The van der Waals surface area contributed by atoms with E-state index in [4.69, 9.17) is 9.84 Å². The van der Waals surface area contributed by atoms with E-state index in [2.05, 4.69) is 5.32 Å². The van der Waals surface area contributed by atoms with Crippen molar-refractivity contribution in [3.05, 3.63) is 64.7 Å². The molecule has 0 bridgehead atoms. The van der Waals surface area contributed by atoms with Crippen molar-refractivity contribution >= 4 is 17.9 Å². The van der Waals surface area contributed by atoms with Gasteiger partial charge in [0, 0.05) is 0 Å². The number of rotatable bonds is 5. The molecule has 1 aliphatic heterocycles. The second-order valence-electron chi connectivity index (χ2n) is 6.64. The Kier molecular flexibility index (Phi) is 4.61. The van der Waals surface area contributed by atoms with Crippen LogP contribution in [0.4, 0.5) is 4.79 Å². The zero-order valence-electron chi connectivity index (χ0n) is 15.3. The number of methoxy groups -OCH3 is 1. The number of nitrogens with one attached hydrogen (secondary N) is 1. The van der Waals surface area contributed by atoms with Crippen LogP contribution in [-0.2, 0) is 16.9 Å². The second kappa shape index (κ2) is 6.75. The van der Waals surface area contributed by atoms with Crippen LogP contribution in [0, 0.1) is 6.92 Å². The minimum atomic E-state index is -1.20. The van der Waals surface area contributed by atoms with Crippen molar-refractivity contribution in [2.45, 2.75) is 25.9 Å². The van der Waals surface area contributed by atoms with Crippen molar-refractivity contribution in [3.63, 3.8) is 0 Å². The van der Waals surface area contributed by atoms with Crippen LogP contribution in [0.2, 0.25) is 0 Å². The monoisotopic (exact) mass is 368 g/mol. The Labute approximate surface area is 156 Å². The minimum Gasteiger partial charge on any atom is -0.496 e. The summed E-state index contributed by atoms with van der Waals surface area (Å²) >= 11 is 0. The van der Waals surface area contributed by atoms with E-state index in [-0.39, 0.29) is 12.1 Å². The summed E-state index contributed by atoms with van der Waals surface area (Å²) in [5, 5.41) is 11.9. The molecule has 7 heteroatoms. The summed E-state index contributed by atoms with van der Waals surface area (Å²) in [4.78, 5) is 37.7. The van der Waals surface area contributed by atoms with E-state index < -0.39 is 23.4 Å². The zero-order valence-corrected chi connectivity index (χ0v) is 15.3. The molecule has 3 rings (SSSR count). The summed E-state index contributed by atoms with van der Waals surface area (Å²) < 4.78 is 5.24. The lowest BCUT2D eigenvalue weighted by Crippen LogP contribution is -2.40. The maximum atomic E-state index is 13.0. The van der Waals surface area contributed by atoms with Gasteiger partial charge in [-0.3, -0.25) is 9.69 Å². The lowest BCUT2D eigenvalue weighted by molar-refractivity contribution is -0.131. The number of imide groups is 1. The molecule has 1 unspecified atom stereocenters. The Hall–Kier alpha value is -3.35. The third kappa shape index (κ3) is 3.23. The first-order chi connectivity index (χ1) is 12.8. The number of hydrogen-bond donors (Lipinski definition) is 2. The average Bonchev–Trinajstić information content (AvgIpc) is 2.86. The molecule has 1 atom stereocenters. The topological polar surface area (TPSA) is 95.9 Å². The Morgan fingerprint density at radius 2 is 1.96 bits per heavy atom. The predicted molar refractivity (Wildman–Crippen MR) is 97.6 cm³/mol. The smallest absolute Gasteiger partial charge is 0.335 e. The fourth-order valence-corrected chi connectivity index (χ4v) is 3.21. The normalized spacial score (nSPS) is 19.1. The molecule has 2 N–H and O–H groups in total. The third-order valence-corrected chi connectivity index (χ3v) is 4.76. The van der Waals surface area contributed by atoms with Crippen LogP contribution < -0.4 is 10.1 Å². The van der Waals surface area contributed by atoms with Crippen molar-refractivity contribution < 1.29 is 24.2 Å². The number of aryl methyl sites for hydroxylation is 1. The van der Waals surface area contributed by atoms with Crippen molar-refractivity contribution in [2.75, 3.05) is 7.11 Å². The van der Waals surface area contributed by atoms with Gasteiger partial charge in [-0.05, 0) is 54.8 Å². The highest BCUT2D eigenvalue weighted by Crippen LogP contribution is 2.32. The van der Waals surface area contributed by atoms with Crippen LogP contribution in [0.5, 0.6) is 5.75 Å². The SMILES string of the molecule is COc1ccc(C2(C)NC(=O)N(Cc3cccc(C(=O)O)c3)C2=O)cc1C. The van der Waals surface area contributed by atoms with Gasteiger partial charge in [0.15, 0.2) is 0 Å². The van der Waals surface area contributed by atoms with Crippen molar-refractivity contribution in [3.8, 4) is 5.75 Å². The predicted octanol–water partition coefficient (Wildman–Crippen LogP) is 2.67. The van der Waals surface area contributed by atoms with Crippen LogP contribution in [0.3, 0.4) is 0 Å². The Bertz CT molecular complexity index is 940. The summed E-state index contributed by atoms with van der Waals surface area (Å²) in [6, 6.07) is 11.0. The van der Waals surface area contributed by atoms with Gasteiger partial charge in [-0.15, -0.1) is 0 Å². The van der Waals surface area contributed by atoms with Crippen LogP contribution >= 0.6 is 0 Å². The van der Waals surface area contributed by atoms with Crippen LogP contribution in [-0.4, -0.2) is 35.0 Å². The van der Waals surface area contributed by atoms with E-state index >= 15 is 0 Å². The van der Waals surface area contributed by atoms with Gasteiger partial charge in [-0.2, -0.15) is 0 Å². The molecule has 0 aromatic heterocycles. The van der Waals surface area contributed by atoms with Gasteiger partial charge >= 0.3 is 12.0 Å². The standard InChI is InChI=1S/C20H20N2O5/c1-12-9-15(7-8-16(12)27-3)20(2)18(25)22(19(26)21-20)11-13-5-4-6-14(10-13)17(23)24/h4-10H,11H2,1-3H3,(H,21,26)(H,23,24). The maximum Gasteiger partial charge on any atom is 0.335 e. The average molecular weight is 368 g/mol. The first-order valence-corrected chi connectivity index (χ1v) is 8.37. The van der Waals surface area contributed by atoms with E-state index in [0.29, 0.717) is 16.9 Å². The Balaban J connectivity index is 1.89. The molecule has 1 fully saturated rings. The summed E-state index contributed by atoms with van der Waals surface area (Å²) in [7, 11) is 1.57. The fraction of sp³-hybridized carbons (Fsp3) is 0.250. The van der Waals surface area contributed by atoms with Gasteiger partial charge in [0.05, 0.1) is 19.2 Å². The number of carboxylic acid groups (broad SMARTS) is 1. The van der Waals surface area contributed by atoms with Gasteiger partial charge in [0.1, 0.15) is 11.3 Å². The van der Waals surface area contributed by atoms with Crippen LogP contribution in [0.15, 0.2) is 42.5 Å². The molecule has 1 heterocycles. The molecule has 0 aliphatic carbocycles. The van der Waals surface area contributed by atoms with Crippen molar-refractivity contribution in [2.24, 2.45) is 0 Å². The third-order valence-electron chi connectivity index (χ3n) is 4.76. The lowest BCUT2D eigenvalue weighted by atomic mass is 9.90. The van der Waals surface area contributed by atoms with E-state index in [1.165, 1.54) is 12.1 Å².